The molecule has 0 aliphatic carbocycles. The lowest BCUT2D eigenvalue weighted by atomic mass is 10.1. The lowest BCUT2D eigenvalue weighted by Gasteiger charge is -2.12. The third kappa shape index (κ3) is 4.86. The number of rotatable bonds is 6. The van der Waals surface area contributed by atoms with Crippen LogP contribution in [0.5, 0.6) is 0 Å². The SMILES string of the molecule is CCc1ccc(NC(C)=O)cc1NC(=O)c1ccc(CSC)cc1. The number of hydrogen-bond donors (Lipinski definition) is 2. The van der Waals surface area contributed by atoms with E-state index in [9.17, 15) is 9.59 Å². The molecule has 2 aromatic rings. The van der Waals surface area contributed by atoms with Crippen LogP contribution in [0.1, 0.15) is 35.3 Å². The summed E-state index contributed by atoms with van der Waals surface area (Å²) in [5, 5.41) is 5.69. The Morgan fingerprint density at radius 2 is 1.75 bits per heavy atom. The summed E-state index contributed by atoms with van der Waals surface area (Å²) in [5.74, 6) is 0.641. The molecule has 24 heavy (non-hydrogen) atoms. The fraction of sp³-hybridized carbons (Fsp3) is 0.263. The van der Waals surface area contributed by atoms with E-state index in [4.69, 9.17) is 0 Å². The molecule has 0 aromatic heterocycles. The van der Waals surface area contributed by atoms with Gasteiger partial charge in [-0.1, -0.05) is 25.1 Å². The van der Waals surface area contributed by atoms with Gasteiger partial charge in [-0.15, -0.1) is 0 Å². The highest BCUT2D eigenvalue weighted by Crippen LogP contribution is 2.22. The monoisotopic (exact) mass is 342 g/mol. The van der Waals surface area contributed by atoms with Crippen molar-refractivity contribution in [2.24, 2.45) is 0 Å². The minimum atomic E-state index is -0.152. The molecule has 0 saturated heterocycles. The second-order valence-electron chi connectivity index (χ2n) is 5.49. The summed E-state index contributed by atoms with van der Waals surface area (Å²) in [5.41, 5.74) is 4.23. The predicted molar refractivity (Wildman–Crippen MR) is 102 cm³/mol. The first-order chi connectivity index (χ1) is 11.5. The zero-order valence-electron chi connectivity index (χ0n) is 14.2. The van der Waals surface area contributed by atoms with Gasteiger partial charge in [-0.05, 0) is 48.1 Å². The molecule has 0 heterocycles. The zero-order valence-corrected chi connectivity index (χ0v) is 15.0. The van der Waals surface area contributed by atoms with Crippen LogP contribution in [-0.2, 0) is 17.0 Å². The molecule has 2 N–H and O–H groups in total. The number of benzene rings is 2. The highest BCUT2D eigenvalue weighted by Gasteiger charge is 2.10. The summed E-state index contributed by atoms with van der Waals surface area (Å²) in [6.45, 7) is 3.49. The Kier molecular flexibility index (Phi) is 6.44. The first-order valence-electron chi connectivity index (χ1n) is 7.83. The van der Waals surface area contributed by atoms with Gasteiger partial charge in [0.1, 0.15) is 0 Å². The minimum Gasteiger partial charge on any atom is -0.326 e. The molecule has 2 amide bonds. The standard InChI is InChI=1S/C19H22N2O2S/c1-4-15-9-10-17(20-13(2)22)11-18(15)21-19(23)16-7-5-14(6-8-16)12-24-3/h5-11H,4,12H2,1-3H3,(H,20,22)(H,21,23). The van der Waals surface area contributed by atoms with Crippen LogP contribution in [0.25, 0.3) is 0 Å². The summed E-state index contributed by atoms with van der Waals surface area (Å²) in [7, 11) is 0. The van der Waals surface area contributed by atoms with Gasteiger partial charge in [-0.3, -0.25) is 9.59 Å². The Morgan fingerprint density at radius 1 is 1.04 bits per heavy atom. The topological polar surface area (TPSA) is 58.2 Å². The fourth-order valence-electron chi connectivity index (χ4n) is 2.40. The van der Waals surface area contributed by atoms with Crippen LogP contribution in [0, 0.1) is 0 Å². The van der Waals surface area contributed by atoms with E-state index in [1.807, 2.05) is 43.3 Å². The Hall–Kier alpha value is -2.27. The second-order valence-corrected chi connectivity index (χ2v) is 6.36. The van der Waals surface area contributed by atoms with E-state index in [1.165, 1.54) is 12.5 Å². The molecule has 0 atom stereocenters. The predicted octanol–water partition coefficient (Wildman–Crippen LogP) is 4.32. The summed E-state index contributed by atoms with van der Waals surface area (Å²) in [6.07, 6.45) is 2.84. The van der Waals surface area contributed by atoms with E-state index in [-0.39, 0.29) is 11.8 Å². The van der Waals surface area contributed by atoms with Gasteiger partial charge in [0.25, 0.3) is 5.91 Å². The van der Waals surface area contributed by atoms with Crippen molar-refractivity contribution >= 4 is 35.0 Å². The van der Waals surface area contributed by atoms with Gasteiger partial charge < -0.3 is 10.6 Å². The van der Waals surface area contributed by atoms with Crippen LogP contribution in [0.2, 0.25) is 0 Å². The zero-order chi connectivity index (χ0) is 17.5. The molecule has 0 aliphatic rings. The van der Waals surface area contributed by atoms with Crippen molar-refractivity contribution in [3.63, 3.8) is 0 Å². The minimum absolute atomic E-state index is 0.138. The molecule has 2 aromatic carbocycles. The number of nitrogens with one attached hydrogen (secondary N) is 2. The van der Waals surface area contributed by atoms with Crippen molar-refractivity contribution in [1.82, 2.24) is 0 Å². The molecular formula is C19H22N2O2S. The molecule has 0 spiro atoms. The average Bonchev–Trinajstić information content (AvgIpc) is 2.55. The average molecular weight is 342 g/mol. The summed E-state index contributed by atoms with van der Waals surface area (Å²) in [4.78, 5) is 23.7. The van der Waals surface area contributed by atoms with Crippen molar-refractivity contribution in [2.75, 3.05) is 16.9 Å². The van der Waals surface area contributed by atoms with Gasteiger partial charge >= 0.3 is 0 Å². The van der Waals surface area contributed by atoms with Gasteiger partial charge in [-0.2, -0.15) is 11.8 Å². The van der Waals surface area contributed by atoms with Crippen molar-refractivity contribution < 1.29 is 9.59 Å². The van der Waals surface area contributed by atoms with Crippen molar-refractivity contribution in [3.8, 4) is 0 Å². The van der Waals surface area contributed by atoms with Crippen molar-refractivity contribution in [2.45, 2.75) is 26.0 Å². The smallest absolute Gasteiger partial charge is 0.255 e. The molecule has 2 rings (SSSR count). The van der Waals surface area contributed by atoms with Crippen LogP contribution in [0.15, 0.2) is 42.5 Å². The first-order valence-corrected chi connectivity index (χ1v) is 9.22. The highest BCUT2D eigenvalue weighted by molar-refractivity contribution is 7.97. The van der Waals surface area contributed by atoms with E-state index < -0.39 is 0 Å². The quantitative estimate of drug-likeness (QED) is 0.822. The lowest BCUT2D eigenvalue weighted by Crippen LogP contribution is -2.14. The van der Waals surface area contributed by atoms with Gasteiger partial charge in [0.15, 0.2) is 0 Å². The highest BCUT2D eigenvalue weighted by atomic mass is 32.2. The maximum atomic E-state index is 12.5. The Bertz CT molecular complexity index is 727. The maximum Gasteiger partial charge on any atom is 0.255 e. The van der Waals surface area contributed by atoms with E-state index in [1.54, 1.807) is 17.8 Å². The van der Waals surface area contributed by atoms with Gasteiger partial charge in [0, 0.05) is 29.6 Å². The molecule has 0 saturated carbocycles. The molecule has 5 heteroatoms. The van der Waals surface area contributed by atoms with E-state index in [0.29, 0.717) is 11.3 Å². The lowest BCUT2D eigenvalue weighted by molar-refractivity contribution is -0.114. The van der Waals surface area contributed by atoms with Crippen LogP contribution in [-0.4, -0.2) is 18.1 Å². The van der Waals surface area contributed by atoms with Crippen LogP contribution >= 0.6 is 11.8 Å². The Morgan fingerprint density at radius 3 is 2.33 bits per heavy atom. The van der Waals surface area contributed by atoms with Gasteiger partial charge in [-0.25, -0.2) is 0 Å². The summed E-state index contributed by atoms with van der Waals surface area (Å²) in [6, 6.07) is 13.2. The van der Waals surface area contributed by atoms with Crippen LogP contribution in [0.3, 0.4) is 0 Å². The number of carbonyl (C=O) groups excluding carboxylic acids is 2. The third-order valence-electron chi connectivity index (χ3n) is 3.59. The maximum absolute atomic E-state index is 12.5. The van der Waals surface area contributed by atoms with E-state index in [0.717, 1.165) is 23.4 Å². The molecule has 0 fully saturated rings. The number of amides is 2. The van der Waals surface area contributed by atoms with Crippen LogP contribution in [0.4, 0.5) is 11.4 Å². The normalized spacial score (nSPS) is 10.3. The fourth-order valence-corrected chi connectivity index (χ4v) is 2.92. The summed E-state index contributed by atoms with van der Waals surface area (Å²) < 4.78 is 0. The van der Waals surface area contributed by atoms with Gasteiger partial charge in [0.2, 0.25) is 5.91 Å². The van der Waals surface area contributed by atoms with E-state index in [2.05, 4.69) is 16.9 Å². The van der Waals surface area contributed by atoms with Crippen molar-refractivity contribution in [1.29, 1.82) is 0 Å². The largest absolute Gasteiger partial charge is 0.326 e. The molecule has 0 radical (unpaired) electrons. The number of aryl methyl sites for hydroxylation is 1. The molecule has 0 aliphatic heterocycles. The molecule has 126 valence electrons. The van der Waals surface area contributed by atoms with E-state index >= 15 is 0 Å². The summed E-state index contributed by atoms with van der Waals surface area (Å²) >= 11 is 1.75. The number of anilines is 2. The first kappa shape index (κ1) is 18.1. The number of carbonyl (C=O) groups is 2. The Labute approximate surface area is 147 Å². The molecular weight excluding hydrogens is 320 g/mol. The van der Waals surface area contributed by atoms with Crippen LogP contribution < -0.4 is 10.6 Å². The second kappa shape index (κ2) is 8.55. The molecule has 4 nitrogen and oxygen atoms in total. The Balaban J connectivity index is 2.18. The third-order valence-corrected chi connectivity index (χ3v) is 4.21. The van der Waals surface area contributed by atoms with Gasteiger partial charge in [0.05, 0.1) is 0 Å². The number of thioether (sulfide) groups is 1. The van der Waals surface area contributed by atoms with Crippen molar-refractivity contribution in [3.05, 3.63) is 59.2 Å². The molecule has 0 bridgehead atoms. The number of hydrogen-bond acceptors (Lipinski definition) is 3. The molecule has 0 unspecified atom stereocenters.